The van der Waals surface area contributed by atoms with Crippen molar-refractivity contribution in [1.29, 1.82) is 0 Å². The minimum Gasteiger partial charge on any atom is -0.462 e. The van der Waals surface area contributed by atoms with Crippen LogP contribution >= 0.6 is 0 Å². The highest BCUT2D eigenvalue weighted by Gasteiger charge is 2.39. The van der Waals surface area contributed by atoms with Crippen LogP contribution in [0.25, 0.3) is 0 Å². The smallest absolute Gasteiger partial charge is 0.340 e. The van der Waals surface area contributed by atoms with E-state index < -0.39 is 16.0 Å². The lowest BCUT2D eigenvalue weighted by molar-refractivity contribution is -0.119. The minimum absolute atomic E-state index is 0.0103. The van der Waals surface area contributed by atoms with Crippen LogP contribution in [0.4, 0.5) is 11.4 Å². The van der Waals surface area contributed by atoms with E-state index in [1.165, 1.54) is 12.1 Å². The number of anilines is 2. The molecule has 0 saturated heterocycles. The average Bonchev–Trinajstić information content (AvgIpc) is 2.95. The van der Waals surface area contributed by atoms with Crippen LogP contribution in [0, 0.1) is 0 Å². The molecular weight excluding hydrogens is 392 g/mol. The molecule has 0 fully saturated rings. The van der Waals surface area contributed by atoms with Gasteiger partial charge in [-0.2, -0.15) is 0 Å². The fourth-order valence-corrected chi connectivity index (χ4v) is 5.15. The van der Waals surface area contributed by atoms with E-state index >= 15 is 0 Å². The summed E-state index contributed by atoms with van der Waals surface area (Å²) in [5.74, 6) is -0.954. The first-order valence-corrected chi connectivity index (χ1v) is 11.1. The second-order valence-electron chi connectivity index (χ2n) is 7.21. The number of esters is 1. The molecule has 0 aromatic heterocycles. The van der Waals surface area contributed by atoms with Gasteiger partial charge in [-0.3, -0.25) is 9.52 Å². The molecule has 2 heterocycles. The van der Waals surface area contributed by atoms with Crippen molar-refractivity contribution in [3.63, 3.8) is 0 Å². The van der Waals surface area contributed by atoms with Gasteiger partial charge in [0.05, 0.1) is 34.4 Å². The molecule has 0 aliphatic carbocycles. The number of hydrogen-bond donors (Lipinski definition) is 1. The monoisotopic (exact) mass is 414 g/mol. The first-order valence-electron chi connectivity index (χ1n) is 9.60. The maximum absolute atomic E-state index is 13.1. The fraction of sp³-hybridized carbons (Fsp3) is 0.333. The molecule has 0 radical (unpaired) electrons. The Morgan fingerprint density at radius 3 is 2.79 bits per heavy atom. The summed E-state index contributed by atoms with van der Waals surface area (Å²) in [7, 11) is -3.96. The standard InChI is InChI=1S/C21H22N2O5S/c1-3-28-21(25)16-8-4-5-9-18(16)22-29(26,27)15-11-14-7-6-10-23-19(14)17(12-15)13(2)20(23)24/h4-5,8-9,11-13,22H,3,6-7,10H2,1-2H3/t13-/m0/s1. The van der Waals surface area contributed by atoms with E-state index in [0.29, 0.717) is 6.54 Å². The number of rotatable bonds is 5. The Hall–Kier alpha value is -2.87. The van der Waals surface area contributed by atoms with E-state index in [0.717, 1.165) is 29.7 Å². The zero-order valence-electron chi connectivity index (χ0n) is 16.3. The number of amides is 1. The third kappa shape index (κ3) is 3.27. The van der Waals surface area contributed by atoms with Crippen molar-refractivity contribution >= 4 is 33.3 Å². The molecule has 152 valence electrons. The summed E-state index contributed by atoms with van der Waals surface area (Å²) >= 11 is 0. The maximum atomic E-state index is 13.1. The number of carbonyl (C=O) groups is 2. The van der Waals surface area contributed by atoms with E-state index in [-0.39, 0.29) is 34.6 Å². The Labute approximate surface area is 169 Å². The summed E-state index contributed by atoms with van der Waals surface area (Å²) in [4.78, 5) is 26.5. The van der Waals surface area contributed by atoms with Crippen LogP contribution in [-0.4, -0.2) is 33.4 Å². The molecule has 2 aromatic carbocycles. The first kappa shape index (κ1) is 19.4. The highest BCUT2D eigenvalue weighted by atomic mass is 32.2. The highest BCUT2D eigenvalue weighted by Crippen LogP contribution is 2.44. The van der Waals surface area contributed by atoms with Gasteiger partial charge in [-0.15, -0.1) is 0 Å². The van der Waals surface area contributed by atoms with Gasteiger partial charge in [-0.1, -0.05) is 12.1 Å². The van der Waals surface area contributed by atoms with Crippen molar-refractivity contribution in [3.8, 4) is 0 Å². The Morgan fingerprint density at radius 2 is 2.03 bits per heavy atom. The van der Waals surface area contributed by atoms with Crippen LogP contribution in [0.5, 0.6) is 0 Å². The number of carbonyl (C=O) groups excluding carboxylic acids is 2. The van der Waals surface area contributed by atoms with Crippen LogP contribution in [0.2, 0.25) is 0 Å². The van der Waals surface area contributed by atoms with Crippen molar-refractivity contribution in [3.05, 3.63) is 53.1 Å². The zero-order chi connectivity index (χ0) is 20.8. The molecule has 29 heavy (non-hydrogen) atoms. The average molecular weight is 414 g/mol. The number of nitrogens with zero attached hydrogens (tertiary/aromatic N) is 1. The van der Waals surface area contributed by atoms with Gasteiger partial charge >= 0.3 is 5.97 Å². The van der Waals surface area contributed by atoms with Gasteiger partial charge in [0.25, 0.3) is 10.0 Å². The van der Waals surface area contributed by atoms with Gasteiger partial charge in [-0.25, -0.2) is 13.2 Å². The molecule has 0 unspecified atom stereocenters. The first-order chi connectivity index (χ1) is 13.8. The lowest BCUT2D eigenvalue weighted by Gasteiger charge is -2.26. The molecule has 4 rings (SSSR count). The van der Waals surface area contributed by atoms with E-state index in [2.05, 4.69) is 4.72 Å². The largest absolute Gasteiger partial charge is 0.462 e. The normalized spacial score (nSPS) is 17.8. The number of nitrogens with one attached hydrogen (secondary N) is 1. The van der Waals surface area contributed by atoms with E-state index in [9.17, 15) is 18.0 Å². The quantitative estimate of drug-likeness (QED) is 0.759. The number of sulfonamides is 1. The fourth-order valence-electron chi connectivity index (χ4n) is 3.98. The Balaban J connectivity index is 1.74. The van der Waals surface area contributed by atoms with Crippen molar-refractivity contribution in [2.24, 2.45) is 0 Å². The van der Waals surface area contributed by atoms with Gasteiger partial charge in [0.15, 0.2) is 0 Å². The summed E-state index contributed by atoms with van der Waals surface area (Å²) in [6.07, 6.45) is 1.52. The molecule has 1 N–H and O–H groups in total. The summed E-state index contributed by atoms with van der Waals surface area (Å²) < 4.78 is 33.8. The van der Waals surface area contributed by atoms with Crippen LogP contribution in [0.3, 0.4) is 0 Å². The molecule has 2 aliphatic heterocycles. The molecule has 8 heteroatoms. The molecule has 0 spiro atoms. The van der Waals surface area contributed by atoms with Crippen LogP contribution in [0.15, 0.2) is 41.3 Å². The molecule has 2 aromatic rings. The number of hydrogen-bond acceptors (Lipinski definition) is 5. The molecule has 7 nitrogen and oxygen atoms in total. The van der Waals surface area contributed by atoms with E-state index in [1.807, 2.05) is 0 Å². The lowest BCUT2D eigenvalue weighted by Crippen LogP contribution is -2.32. The summed E-state index contributed by atoms with van der Waals surface area (Å²) in [5, 5.41) is 0. The SMILES string of the molecule is CCOC(=O)c1ccccc1NS(=O)(=O)c1cc2c3c(c1)[C@H](C)C(=O)N3CCC2. The highest BCUT2D eigenvalue weighted by molar-refractivity contribution is 7.92. The zero-order valence-corrected chi connectivity index (χ0v) is 17.1. The lowest BCUT2D eigenvalue weighted by atomic mass is 9.97. The van der Waals surface area contributed by atoms with Crippen molar-refractivity contribution in [2.75, 3.05) is 22.8 Å². The Morgan fingerprint density at radius 1 is 1.28 bits per heavy atom. The number of ether oxygens (including phenoxy) is 1. The van der Waals surface area contributed by atoms with Crippen molar-refractivity contribution in [1.82, 2.24) is 0 Å². The van der Waals surface area contributed by atoms with Gasteiger partial charge in [0.1, 0.15) is 0 Å². The van der Waals surface area contributed by atoms with Crippen molar-refractivity contribution in [2.45, 2.75) is 37.5 Å². The second-order valence-corrected chi connectivity index (χ2v) is 8.89. The number of para-hydroxylation sites is 1. The number of aryl methyl sites for hydroxylation is 1. The third-order valence-electron chi connectivity index (χ3n) is 5.37. The molecule has 1 amide bonds. The van der Waals surface area contributed by atoms with Crippen LogP contribution in [0.1, 0.15) is 47.7 Å². The molecule has 2 aliphatic rings. The topological polar surface area (TPSA) is 92.8 Å². The third-order valence-corrected chi connectivity index (χ3v) is 6.71. The number of benzene rings is 2. The summed E-state index contributed by atoms with van der Waals surface area (Å²) in [5.41, 5.74) is 2.78. The van der Waals surface area contributed by atoms with Gasteiger partial charge in [-0.05, 0) is 62.1 Å². The predicted molar refractivity (Wildman–Crippen MR) is 109 cm³/mol. The van der Waals surface area contributed by atoms with Gasteiger partial charge < -0.3 is 9.64 Å². The van der Waals surface area contributed by atoms with Crippen LogP contribution in [-0.2, 0) is 26.0 Å². The Kier molecular flexibility index (Phi) is 4.82. The summed E-state index contributed by atoms with van der Waals surface area (Å²) in [6.45, 7) is 4.35. The predicted octanol–water partition coefficient (Wildman–Crippen LogP) is 3.06. The van der Waals surface area contributed by atoms with Crippen molar-refractivity contribution < 1.29 is 22.7 Å². The van der Waals surface area contributed by atoms with Gasteiger partial charge in [0.2, 0.25) is 5.91 Å². The van der Waals surface area contributed by atoms with E-state index in [1.54, 1.807) is 43.0 Å². The van der Waals surface area contributed by atoms with Gasteiger partial charge in [0, 0.05) is 6.54 Å². The minimum atomic E-state index is -3.96. The maximum Gasteiger partial charge on any atom is 0.340 e. The molecule has 0 bridgehead atoms. The van der Waals surface area contributed by atoms with Crippen LogP contribution < -0.4 is 9.62 Å². The van der Waals surface area contributed by atoms with E-state index in [4.69, 9.17) is 4.74 Å². The molecule has 1 atom stereocenters. The summed E-state index contributed by atoms with van der Waals surface area (Å²) in [6, 6.07) is 9.53. The Bertz CT molecular complexity index is 1110. The second kappa shape index (κ2) is 7.18. The molecule has 0 saturated carbocycles. The molecular formula is C21H22N2O5S.